The Balaban J connectivity index is 2.58. The first kappa shape index (κ1) is 16.6. The van der Waals surface area contributed by atoms with Gasteiger partial charge in [-0.15, -0.1) is 0 Å². The van der Waals surface area contributed by atoms with Gasteiger partial charge in [-0.25, -0.2) is 0 Å². The van der Waals surface area contributed by atoms with Gasteiger partial charge < -0.3 is 5.11 Å². The van der Waals surface area contributed by atoms with Crippen LogP contribution in [0.5, 0.6) is 5.75 Å². The highest BCUT2D eigenvalue weighted by Gasteiger charge is 2.24. The molecule has 1 N–H and O–H groups in total. The molecule has 0 amide bonds. The Morgan fingerprint density at radius 3 is 1.82 bits per heavy atom. The molecule has 0 saturated carbocycles. The molecule has 118 valence electrons. The van der Waals surface area contributed by atoms with Crippen molar-refractivity contribution in [3.63, 3.8) is 0 Å². The number of hydrogen-bond donors (Lipinski definition) is 1. The zero-order valence-corrected chi connectivity index (χ0v) is 14.7. The third-order valence-electron chi connectivity index (χ3n) is 4.07. The van der Waals surface area contributed by atoms with Crippen molar-refractivity contribution in [2.24, 2.45) is 0 Å². The fraction of sp³-hybridized carbons (Fsp3) is 0.429. The highest BCUT2D eigenvalue weighted by molar-refractivity contribution is 5.49. The van der Waals surface area contributed by atoms with E-state index in [1.54, 1.807) is 0 Å². The second kappa shape index (κ2) is 5.79. The molecule has 0 atom stereocenters. The monoisotopic (exact) mass is 296 g/mol. The number of benzene rings is 2. The van der Waals surface area contributed by atoms with Crippen molar-refractivity contribution in [1.82, 2.24) is 0 Å². The Morgan fingerprint density at radius 2 is 1.32 bits per heavy atom. The Kier molecular flexibility index (Phi) is 4.37. The minimum absolute atomic E-state index is 0.0119. The van der Waals surface area contributed by atoms with Crippen LogP contribution in [0.3, 0.4) is 0 Å². The molecule has 0 unspecified atom stereocenters. The molecule has 0 aliphatic carbocycles. The van der Waals surface area contributed by atoms with Gasteiger partial charge in [0.2, 0.25) is 0 Å². The molecule has 0 spiro atoms. The molecular formula is C21H28O. The van der Waals surface area contributed by atoms with Crippen LogP contribution in [-0.2, 0) is 17.3 Å². The maximum Gasteiger partial charge on any atom is 0.119 e. The number of aromatic hydroxyl groups is 1. The van der Waals surface area contributed by atoms with Gasteiger partial charge in [0.1, 0.15) is 5.75 Å². The lowest BCUT2D eigenvalue weighted by atomic mass is 9.77. The fourth-order valence-corrected chi connectivity index (χ4v) is 2.89. The van der Waals surface area contributed by atoms with Gasteiger partial charge in [0, 0.05) is 0 Å². The van der Waals surface area contributed by atoms with Gasteiger partial charge in [-0.3, -0.25) is 0 Å². The molecule has 0 fully saturated rings. The number of phenolic OH excluding ortho intramolecular Hbond substituents is 1. The topological polar surface area (TPSA) is 20.2 Å². The van der Waals surface area contributed by atoms with E-state index in [0.29, 0.717) is 5.75 Å². The van der Waals surface area contributed by atoms with Gasteiger partial charge in [-0.2, -0.15) is 0 Å². The molecule has 0 aliphatic rings. The van der Waals surface area contributed by atoms with Crippen molar-refractivity contribution in [3.05, 3.63) is 64.7 Å². The second-order valence-corrected chi connectivity index (χ2v) is 8.19. The van der Waals surface area contributed by atoms with Gasteiger partial charge in [0.05, 0.1) is 0 Å². The normalized spacial score (nSPS) is 12.5. The first-order valence-corrected chi connectivity index (χ1v) is 8.00. The Morgan fingerprint density at radius 1 is 0.773 bits per heavy atom. The van der Waals surface area contributed by atoms with Crippen LogP contribution in [0.15, 0.2) is 42.5 Å². The van der Waals surface area contributed by atoms with E-state index in [1.165, 1.54) is 16.7 Å². The van der Waals surface area contributed by atoms with Crippen LogP contribution in [0.25, 0.3) is 0 Å². The summed E-state index contributed by atoms with van der Waals surface area (Å²) >= 11 is 0. The average Bonchev–Trinajstić information content (AvgIpc) is 2.39. The lowest BCUT2D eigenvalue weighted by Crippen LogP contribution is -2.18. The molecule has 0 aromatic heterocycles. The van der Waals surface area contributed by atoms with Gasteiger partial charge in [0.15, 0.2) is 0 Å². The van der Waals surface area contributed by atoms with E-state index < -0.39 is 0 Å². The maximum atomic E-state index is 10.5. The minimum atomic E-state index is -0.0636. The highest BCUT2D eigenvalue weighted by Crippen LogP contribution is 2.37. The SMILES string of the molecule is CC(C)(C)c1cc(Cc2ccccc2)c(C(C)(C)C)cc1O. The van der Waals surface area contributed by atoms with Crippen LogP contribution in [0, 0.1) is 0 Å². The summed E-state index contributed by atoms with van der Waals surface area (Å²) in [5, 5.41) is 10.5. The standard InChI is InChI=1S/C21H28O/c1-20(2,3)17-14-19(22)18(21(4,5)6)13-16(17)12-15-10-8-7-9-11-15/h7-11,13-14,22H,12H2,1-6H3. The molecule has 0 radical (unpaired) electrons. The van der Waals surface area contributed by atoms with Crippen LogP contribution >= 0.6 is 0 Å². The number of hydrogen-bond acceptors (Lipinski definition) is 1. The number of phenols is 1. The Bertz CT molecular complexity index is 640. The van der Waals surface area contributed by atoms with E-state index >= 15 is 0 Å². The molecule has 1 heteroatoms. The average molecular weight is 296 g/mol. The largest absolute Gasteiger partial charge is 0.508 e. The molecular weight excluding hydrogens is 268 g/mol. The zero-order valence-electron chi connectivity index (χ0n) is 14.7. The van der Waals surface area contributed by atoms with E-state index in [1.807, 2.05) is 12.1 Å². The van der Waals surface area contributed by atoms with E-state index in [4.69, 9.17) is 0 Å². The molecule has 0 saturated heterocycles. The summed E-state index contributed by atoms with van der Waals surface area (Å²) < 4.78 is 0. The van der Waals surface area contributed by atoms with E-state index in [-0.39, 0.29) is 10.8 Å². The van der Waals surface area contributed by atoms with Crippen LogP contribution in [0.4, 0.5) is 0 Å². The summed E-state index contributed by atoms with van der Waals surface area (Å²) in [7, 11) is 0. The van der Waals surface area contributed by atoms with E-state index in [0.717, 1.165) is 12.0 Å². The Hall–Kier alpha value is -1.76. The van der Waals surface area contributed by atoms with Crippen molar-refractivity contribution in [2.75, 3.05) is 0 Å². The van der Waals surface area contributed by atoms with Crippen LogP contribution in [0.1, 0.15) is 63.8 Å². The lowest BCUT2D eigenvalue weighted by Gasteiger charge is -2.28. The predicted octanol–water partition coefficient (Wildman–Crippen LogP) is 5.58. The molecule has 2 aromatic rings. The van der Waals surface area contributed by atoms with Gasteiger partial charge in [-0.05, 0) is 45.6 Å². The first-order valence-electron chi connectivity index (χ1n) is 8.00. The minimum Gasteiger partial charge on any atom is -0.508 e. The third kappa shape index (κ3) is 3.71. The van der Waals surface area contributed by atoms with Crippen LogP contribution < -0.4 is 0 Å². The van der Waals surface area contributed by atoms with Crippen molar-refractivity contribution in [3.8, 4) is 5.75 Å². The summed E-state index contributed by atoms with van der Waals surface area (Å²) in [4.78, 5) is 0. The number of rotatable bonds is 2. The molecule has 2 aromatic carbocycles. The second-order valence-electron chi connectivity index (χ2n) is 8.19. The summed E-state index contributed by atoms with van der Waals surface area (Å²) in [5.41, 5.74) is 4.80. The van der Waals surface area contributed by atoms with Crippen molar-refractivity contribution >= 4 is 0 Å². The molecule has 1 nitrogen and oxygen atoms in total. The van der Waals surface area contributed by atoms with Crippen molar-refractivity contribution in [2.45, 2.75) is 58.8 Å². The third-order valence-corrected chi connectivity index (χ3v) is 4.07. The summed E-state index contributed by atoms with van der Waals surface area (Å²) in [6.07, 6.45) is 0.900. The van der Waals surface area contributed by atoms with Gasteiger partial charge in [0.25, 0.3) is 0 Å². The highest BCUT2D eigenvalue weighted by atomic mass is 16.3. The first-order chi connectivity index (χ1) is 10.1. The molecule has 0 aliphatic heterocycles. The van der Waals surface area contributed by atoms with Crippen LogP contribution in [-0.4, -0.2) is 5.11 Å². The van der Waals surface area contributed by atoms with Crippen molar-refractivity contribution < 1.29 is 5.11 Å². The molecule has 0 bridgehead atoms. The summed E-state index contributed by atoms with van der Waals surface area (Å²) in [6.45, 7) is 13.0. The van der Waals surface area contributed by atoms with E-state index in [9.17, 15) is 5.11 Å². The lowest BCUT2D eigenvalue weighted by molar-refractivity contribution is 0.442. The predicted molar refractivity (Wildman–Crippen MR) is 94.8 cm³/mol. The molecule has 2 rings (SSSR count). The smallest absolute Gasteiger partial charge is 0.119 e. The van der Waals surface area contributed by atoms with Gasteiger partial charge >= 0.3 is 0 Å². The van der Waals surface area contributed by atoms with Crippen molar-refractivity contribution in [1.29, 1.82) is 0 Å². The maximum absolute atomic E-state index is 10.5. The van der Waals surface area contributed by atoms with Crippen LogP contribution in [0.2, 0.25) is 0 Å². The molecule has 0 heterocycles. The zero-order chi connectivity index (χ0) is 16.5. The molecule has 22 heavy (non-hydrogen) atoms. The summed E-state index contributed by atoms with van der Waals surface area (Å²) in [5.74, 6) is 0.411. The quantitative estimate of drug-likeness (QED) is 0.767. The van der Waals surface area contributed by atoms with E-state index in [2.05, 4.69) is 71.9 Å². The Labute approximate surface area is 135 Å². The summed E-state index contributed by atoms with van der Waals surface area (Å²) in [6, 6.07) is 14.7. The van der Waals surface area contributed by atoms with Gasteiger partial charge in [-0.1, -0.05) is 77.9 Å². The fourth-order valence-electron chi connectivity index (χ4n) is 2.89.